The molecule has 1 fully saturated rings. The van der Waals surface area contributed by atoms with Crippen LogP contribution in [-0.2, 0) is 15.8 Å². The maximum Gasteiger partial charge on any atom is 0.416 e. The number of hydrogen-bond donors (Lipinski definition) is 0. The number of carboxylic acid groups (broad SMARTS) is 1. The summed E-state index contributed by atoms with van der Waals surface area (Å²) in [5, 5.41) is 10.5. The fourth-order valence-electron chi connectivity index (χ4n) is 1.72. The maximum atomic E-state index is 12.6. The lowest BCUT2D eigenvalue weighted by Gasteiger charge is -2.14. The average Bonchev–Trinajstić information content (AvgIpc) is 2.65. The van der Waals surface area contributed by atoms with Gasteiger partial charge in [-0.2, -0.15) is 13.2 Å². The van der Waals surface area contributed by atoms with E-state index in [9.17, 15) is 27.9 Å². The van der Waals surface area contributed by atoms with Crippen LogP contribution in [0.15, 0.2) is 29.2 Å². The molecule has 1 aromatic carbocycles. The van der Waals surface area contributed by atoms with Crippen LogP contribution in [0.4, 0.5) is 13.2 Å². The van der Waals surface area contributed by atoms with Gasteiger partial charge in [-0.3, -0.25) is 9.69 Å². The summed E-state index contributed by atoms with van der Waals surface area (Å²) in [6.07, 6.45) is -3.25. The van der Waals surface area contributed by atoms with Crippen molar-refractivity contribution < 1.29 is 27.9 Å². The minimum absolute atomic E-state index is 0.0208. The predicted octanol–water partition coefficient (Wildman–Crippen LogP) is 1.66. The molecule has 1 saturated heterocycles. The summed E-state index contributed by atoms with van der Waals surface area (Å²) in [5.74, 6) is -2.15. The lowest BCUT2D eigenvalue weighted by Crippen LogP contribution is -2.40. The fraction of sp³-hybridized carbons (Fsp3) is 0.154. The third-order valence-electron chi connectivity index (χ3n) is 2.67. The Balaban J connectivity index is 2.29. The molecular weight excluding hydrogens is 339 g/mol. The van der Waals surface area contributed by atoms with E-state index in [2.05, 4.69) is 0 Å². The molecule has 1 aliphatic heterocycles. The van der Waals surface area contributed by atoms with Gasteiger partial charge >= 0.3 is 6.18 Å². The van der Waals surface area contributed by atoms with Crippen molar-refractivity contribution in [2.75, 3.05) is 6.54 Å². The molecule has 4 nitrogen and oxygen atoms in total. The molecule has 0 saturated carbocycles. The van der Waals surface area contributed by atoms with Crippen molar-refractivity contribution in [3.05, 3.63) is 40.3 Å². The molecule has 9 heteroatoms. The Bertz CT molecular complexity index is 685. The van der Waals surface area contributed by atoms with Crippen molar-refractivity contribution in [2.24, 2.45) is 0 Å². The van der Waals surface area contributed by atoms with Crippen LogP contribution in [0.25, 0.3) is 6.08 Å². The van der Waals surface area contributed by atoms with Crippen LogP contribution in [0, 0.1) is 0 Å². The first-order valence-corrected chi connectivity index (χ1v) is 7.03. The van der Waals surface area contributed by atoms with Crippen molar-refractivity contribution in [3.8, 4) is 0 Å². The van der Waals surface area contributed by atoms with Gasteiger partial charge in [0.2, 0.25) is 0 Å². The summed E-state index contributed by atoms with van der Waals surface area (Å²) in [7, 11) is 0. The van der Waals surface area contributed by atoms with E-state index < -0.39 is 30.2 Å². The van der Waals surface area contributed by atoms with E-state index in [4.69, 9.17) is 12.2 Å². The number of halogens is 3. The second-order valence-corrected chi connectivity index (χ2v) is 5.94. The highest BCUT2D eigenvalue weighted by Crippen LogP contribution is 2.34. The third-order valence-corrected chi connectivity index (χ3v) is 4.05. The standard InChI is InChI=1S/C13H8F3NO3S2/c14-13(15,16)8-3-1-2-7(4-8)5-9-11(20)17(6-10(18)19)12(21)22-9/h1-5H,6H2,(H,18,19)/p-1/b9-5+. The average molecular weight is 346 g/mol. The first-order valence-electron chi connectivity index (χ1n) is 5.81. The number of benzene rings is 1. The number of carbonyl (C=O) groups is 2. The van der Waals surface area contributed by atoms with Crippen molar-refractivity contribution in [3.63, 3.8) is 0 Å². The van der Waals surface area contributed by atoms with E-state index in [1.807, 2.05) is 0 Å². The number of hydrogen-bond acceptors (Lipinski definition) is 5. The Hall–Kier alpha value is -1.87. The van der Waals surface area contributed by atoms with Crippen molar-refractivity contribution in [1.82, 2.24) is 4.90 Å². The van der Waals surface area contributed by atoms with Gasteiger partial charge in [-0.25, -0.2) is 0 Å². The molecule has 22 heavy (non-hydrogen) atoms. The van der Waals surface area contributed by atoms with Gasteiger partial charge in [-0.15, -0.1) is 0 Å². The zero-order valence-electron chi connectivity index (χ0n) is 10.7. The van der Waals surface area contributed by atoms with E-state index in [1.165, 1.54) is 18.2 Å². The third kappa shape index (κ3) is 3.66. The van der Waals surface area contributed by atoms with Crippen molar-refractivity contribution in [1.29, 1.82) is 0 Å². The molecule has 1 amide bonds. The van der Waals surface area contributed by atoms with Crippen molar-refractivity contribution >= 4 is 46.3 Å². The van der Waals surface area contributed by atoms with Crippen LogP contribution in [0.1, 0.15) is 11.1 Å². The van der Waals surface area contributed by atoms with Crippen LogP contribution in [-0.4, -0.2) is 27.6 Å². The fourth-order valence-corrected chi connectivity index (χ4v) is 2.98. The van der Waals surface area contributed by atoms with Crippen LogP contribution in [0.3, 0.4) is 0 Å². The van der Waals surface area contributed by atoms with Gasteiger partial charge in [0.05, 0.1) is 23.0 Å². The molecule has 0 radical (unpaired) electrons. The smallest absolute Gasteiger partial charge is 0.416 e. The molecule has 0 aromatic heterocycles. The number of aliphatic carboxylic acids is 1. The predicted molar refractivity (Wildman–Crippen MR) is 76.3 cm³/mol. The molecule has 0 spiro atoms. The zero-order chi connectivity index (χ0) is 16.5. The number of amides is 1. The molecule has 0 aliphatic carbocycles. The molecule has 0 atom stereocenters. The SMILES string of the molecule is O=C([O-])CN1C(=O)/C(=C\c2cccc(C(F)(F)F)c2)SC1=S. The Kier molecular flexibility index (Phi) is 4.57. The maximum absolute atomic E-state index is 12.6. The second kappa shape index (κ2) is 6.09. The monoisotopic (exact) mass is 346 g/mol. The molecule has 1 aromatic rings. The van der Waals surface area contributed by atoms with Gasteiger partial charge in [-0.05, 0) is 23.8 Å². The topological polar surface area (TPSA) is 60.4 Å². The summed E-state index contributed by atoms with van der Waals surface area (Å²) in [6.45, 7) is -0.690. The Labute approximate surface area is 132 Å². The van der Waals surface area contributed by atoms with Crippen LogP contribution >= 0.6 is 24.0 Å². The quantitative estimate of drug-likeness (QED) is 0.615. The summed E-state index contributed by atoms with van der Waals surface area (Å²) >= 11 is 5.70. The first-order chi connectivity index (χ1) is 10.2. The van der Waals surface area contributed by atoms with Gasteiger partial charge < -0.3 is 9.90 Å². The van der Waals surface area contributed by atoms with Gasteiger partial charge in [0.15, 0.2) is 0 Å². The number of thioether (sulfide) groups is 1. The summed E-state index contributed by atoms with van der Waals surface area (Å²) < 4.78 is 37.9. The molecule has 0 bridgehead atoms. The van der Waals surface area contributed by atoms with E-state index in [-0.39, 0.29) is 14.8 Å². The van der Waals surface area contributed by atoms with Gasteiger partial charge in [0.1, 0.15) is 4.32 Å². The summed E-state index contributed by atoms with van der Waals surface area (Å²) in [6, 6.07) is 4.43. The van der Waals surface area contributed by atoms with Crippen LogP contribution in [0.5, 0.6) is 0 Å². The lowest BCUT2D eigenvalue weighted by atomic mass is 10.1. The molecule has 116 valence electrons. The van der Waals surface area contributed by atoms with E-state index in [0.717, 1.165) is 28.8 Å². The van der Waals surface area contributed by atoms with E-state index in [0.29, 0.717) is 0 Å². The summed E-state index contributed by atoms with van der Waals surface area (Å²) in [4.78, 5) is 23.4. The second-order valence-electron chi connectivity index (χ2n) is 4.26. The highest BCUT2D eigenvalue weighted by Gasteiger charge is 2.33. The molecule has 2 rings (SSSR count). The van der Waals surface area contributed by atoms with Gasteiger partial charge in [0, 0.05) is 0 Å². The number of rotatable bonds is 3. The number of carbonyl (C=O) groups excluding carboxylic acids is 2. The number of nitrogens with zero attached hydrogens (tertiary/aromatic N) is 1. The zero-order valence-corrected chi connectivity index (χ0v) is 12.3. The Morgan fingerprint density at radius 1 is 1.41 bits per heavy atom. The molecule has 1 aliphatic rings. The lowest BCUT2D eigenvalue weighted by molar-refractivity contribution is -0.305. The highest BCUT2D eigenvalue weighted by molar-refractivity contribution is 8.26. The van der Waals surface area contributed by atoms with E-state index in [1.54, 1.807) is 0 Å². The van der Waals surface area contributed by atoms with Crippen LogP contribution in [0.2, 0.25) is 0 Å². The molecule has 0 unspecified atom stereocenters. The first kappa shape index (κ1) is 16.5. The minimum atomic E-state index is -4.49. The van der Waals surface area contributed by atoms with E-state index >= 15 is 0 Å². The number of carboxylic acids is 1. The molecule has 1 heterocycles. The molecule has 0 N–H and O–H groups in total. The normalized spacial score (nSPS) is 17.4. The number of alkyl halides is 3. The van der Waals surface area contributed by atoms with Gasteiger partial charge in [0.25, 0.3) is 5.91 Å². The minimum Gasteiger partial charge on any atom is -0.548 e. The van der Waals surface area contributed by atoms with Crippen LogP contribution < -0.4 is 5.11 Å². The number of thiocarbonyl (C=S) groups is 1. The molecular formula is C13H7F3NO3S2-. The Morgan fingerprint density at radius 3 is 2.68 bits per heavy atom. The van der Waals surface area contributed by atoms with Crippen molar-refractivity contribution in [2.45, 2.75) is 6.18 Å². The largest absolute Gasteiger partial charge is 0.548 e. The highest BCUT2D eigenvalue weighted by atomic mass is 32.2. The summed E-state index contributed by atoms with van der Waals surface area (Å²) in [5.41, 5.74) is -0.671. The van der Waals surface area contributed by atoms with Gasteiger partial charge in [-0.1, -0.05) is 36.1 Å². The Morgan fingerprint density at radius 2 is 2.09 bits per heavy atom.